The Kier molecular flexibility index (Phi) is 7.70. The van der Waals surface area contributed by atoms with Crippen LogP contribution in [0.25, 0.3) is 124 Å². The van der Waals surface area contributed by atoms with Gasteiger partial charge in [-0.15, -0.1) is 0 Å². The summed E-state index contributed by atoms with van der Waals surface area (Å²) in [5.41, 5.74) is 15.8. The predicted octanol–water partition coefficient (Wildman–Crippen LogP) is 15.7. The monoisotopic (exact) mass is 879 g/mol. The van der Waals surface area contributed by atoms with E-state index in [1.165, 1.54) is 113 Å². The van der Waals surface area contributed by atoms with Gasteiger partial charge in [0, 0.05) is 16.5 Å². The maximum absolute atomic E-state index is 2.53. The van der Waals surface area contributed by atoms with Crippen LogP contribution in [0.5, 0.6) is 0 Å². The fraction of sp³-hybridized carbons (Fsp3) is 0. The van der Waals surface area contributed by atoms with Crippen LogP contribution in [0, 0.1) is 0 Å². The second-order valence-electron chi connectivity index (χ2n) is 16.9. The van der Waals surface area contributed by atoms with Gasteiger partial charge < -0.3 is 4.57 Å². The van der Waals surface area contributed by atoms with Gasteiger partial charge in [-0.2, -0.15) is 0 Å². The van der Waals surface area contributed by atoms with Gasteiger partial charge in [-0.3, -0.25) is 0 Å². The Balaban J connectivity index is 0.961. The zero-order chi connectivity index (χ0) is 41.9. The molecule has 0 spiro atoms. The molecule has 0 bridgehead atoms. The van der Waals surface area contributed by atoms with Crippen LogP contribution in [0.1, 0.15) is 0 Å². The van der Waals surface area contributed by atoms with E-state index in [9.17, 15) is 0 Å². The standard InChI is InChI=1S/C60H37N3Se/c1-2-14-38(15-3-1)39-28-30-40(31-29-39)43-20-12-26-57-59(43)60-56(25-13-27-58(60)64-57)63-53-24-11-7-19-47(53)49-37-42(33-35-55(49)63)62-52-23-10-6-18-46(52)48-36-41(32-34-54(48)62)61-50-21-8-4-16-44(50)45-17-5-9-22-51(45)61/h1-37H. The van der Waals surface area contributed by atoms with Crippen molar-refractivity contribution in [3.05, 3.63) is 224 Å². The van der Waals surface area contributed by atoms with Crippen LogP contribution in [-0.4, -0.2) is 28.2 Å². The summed E-state index contributed by atoms with van der Waals surface area (Å²) in [6.45, 7) is 0. The molecule has 0 radical (unpaired) electrons. The molecule has 0 atom stereocenters. The van der Waals surface area contributed by atoms with E-state index in [-0.39, 0.29) is 14.5 Å². The number of benzene rings is 10. The van der Waals surface area contributed by atoms with E-state index in [4.69, 9.17) is 0 Å². The van der Waals surface area contributed by atoms with E-state index in [2.05, 4.69) is 238 Å². The molecular formula is C60H37N3Se. The minimum absolute atomic E-state index is 0.199. The molecule has 0 saturated carbocycles. The average molecular weight is 879 g/mol. The fourth-order valence-corrected chi connectivity index (χ4v) is 13.1. The number of aromatic nitrogens is 3. The van der Waals surface area contributed by atoms with Crippen molar-refractivity contribution < 1.29 is 0 Å². The predicted molar refractivity (Wildman–Crippen MR) is 272 cm³/mol. The third-order valence-corrected chi connectivity index (χ3v) is 15.8. The zero-order valence-electron chi connectivity index (χ0n) is 34.6. The second-order valence-corrected chi connectivity index (χ2v) is 19.1. The van der Waals surface area contributed by atoms with Crippen molar-refractivity contribution in [3.8, 4) is 39.3 Å². The molecule has 0 aliphatic rings. The summed E-state index contributed by atoms with van der Waals surface area (Å²) in [6, 6.07) is 83.1. The van der Waals surface area contributed by atoms with Crippen molar-refractivity contribution in [2.75, 3.05) is 0 Å². The number of para-hydroxylation sites is 4. The molecule has 0 aliphatic carbocycles. The number of fused-ring (bicyclic) bond motifs is 12. The summed E-state index contributed by atoms with van der Waals surface area (Å²) in [7, 11) is 0. The van der Waals surface area contributed by atoms with Crippen LogP contribution in [0.4, 0.5) is 0 Å². The summed E-state index contributed by atoms with van der Waals surface area (Å²) in [5, 5.41) is 10.2. The van der Waals surface area contributed by atoms with E-state index in [0.29, 0.717) is 0 Å². The summed E-state index contributed by atoms with van der Waals surface area (Å²) in [6.07, 6.45) is 0. The topological polar surface area (TPSA) is 14.8 Å². The van der Waals surface area contributed by atoms with Gasteiger partial charge in [-0.25, -0.2) is 0 Å². The van der Waals surface area contributed by atoms with Gasteiger partial charge >= 0.3 is 290 Å². The Morgan fingerprint density at radius 2 is 0.688 bits per heavy atom. The molecule has 14 aromatic rings. The molecule has 3 nitrogen and oxygen atoms in total. The third-order valence-electron chi connectivity index (χ3n) is 13.5. The molecule has 4 aromatic heterocycles. The van der Waals surface area contributed by atoms with Crippen LogP contribution in [0.2, 0.25) is 0 Å². The molecule has 0 amide bonds. The van der Waals surface area contributed by atoms with Gasteiger partial charge in [-0.1, -0.05) is 42.5 Å². The zero-order valence-corrected chi connectivity index (χ0v) is 36.3. The fourth-order valence-electron chi connectivity index (χ4n) is 10.7. The molecule has 4 heterocycles. The van der Waals surface area contributed by atoms with E-state index in [1.54, 1.807) is 0 Å². The van der Waals surface area contributed by atoms with E-state index in [1.807, 2.05) is 0 Å². The first kappa shape index (κ1) is 35.7. The van der Waals surface area contributed by atoms with Crippen molar-refractivity contribution in [1.29, 1.82) is 0 Å². The molecule has 0 fully saturated rings. The Labute approximate surface area is 374 Å². The molecule has 14 rings (SSSR count). The molecule has 0 unspecified atom stereocenters. The normalized spacial score (nSPS) is 12.1. The van der Waals surface area contributed by atoms with E-state index in [0.717, 1.165) is 11.4 Å². The van der Waals surface area contributed by atoms with Gasteiger partial charge in [0.2, 0.25) is 0 Å². The van der Waals surface area contributed by atoms with Crippen LogP contribution >= 0.6 is 0 Å². The van der Waals surface area contributed by atoms with Crippen LogP contribution in [0.15, 0.2) is 224 Å². The molecule has 4 heteroatoms. The van der Waals surface area contributed by atoms with Gasteiger partial charge in [0.1, 0.15) is 0 Å². The van der Waals surface area contributed by atoms with Gasteiger partial charge in [0.25, 0.3) is 0 Å². The Morgan fingerprint density at radius 3 is 1.27 bits per heavy atom. The van der Waals surface area contributed by atoms with Crippen LogP contribution in [-0.2, 0) is 0 Å². The SMILES string of the molecule is c1ccc(-c2ccc(-c3cccc4[se]c5cccc(-n6c7ccccc7c7cc(-n8c9ccccc9c9cc(-n%10c%11ccccc%11c%11ccccc%11%10)ccc98)ccc76)c5c34)cc2)cc1. The minimum atomic E-state index is 0.199. The number of hydrogen-bond donors (Lipinski definition) is 0. The van der Waals surface area contributed by atoms with Crippen LogP contribution < -0.4 is 0 Å². The summed E-state index contributed by atoms with van der Waals surface area (Å²) in [5.74, 6) is 0. The summed E-state index contributed by atoms with van der Waals surface area (Å²) in [4.78, 5) is 0. The van der Waals surface area contributed by atoms with E-state index >= 15 is 0 Å². The van der Waals surface area contributed by atoms with Crippen molar-refractivity contribution in [2.45, 2.75) is 0 Å². The quantitative estimate of drug-likeness (QED) is 0.153. The van der Waals surface area contributed by atoms with Crippen LogP contribution in [0.3, 0.4) is 0 Å². The summed E-state index contributed by atoms with van der Waals surface area (Å²) >= 11 is 0.199. The van der Waals surface area contributed by atoms with Gasteiger partial charge in [-0.05, 0) is 12.1 Å². The molecule has 0 N–H and O–H groups in total. The molecule has 10 aromatic carbocycles. The molecular weight excluding hydrogens is 842 g/mol. The van der Waals surface area contributed by atoms with Crippen molar-refractivity contribution >= 4 is 99.2 Å². The number of nitrogens with zero attached hydrogens (tertiary/aromatic N) is 3. The van der Waals surface area contributed by atoms with E-state index < -0.39 is 0 Å². The average Bonchev–Trinajstić information content (AvgIpc) is 4.10. The first-order valence-corrected chi connectivity index (χ1v) is 23.6. The second kappa shape index (κ2) is 13.8. The molecule has 0 aliphatic heterocycles. The first-order chi connectivity index (χ1) is 31.8. The first-order valence-electron chi connectivity index (χ1n) is 21.9. The van der Waals surface area contributed by atoms with Gasteiger partial charge in [0.05, 0.1) is 11.0 Å². The summed E-state index contributed by atoms with van der Waals surface area (Å²) < 4.78 is 10.3. The van der Waals surface area contributed by atoms with Gasteiger partial charge in [0.15, 0.2) is 0 Å². The van der Waals surface area contributed by atoms with Crippen molar-refractivity contribution in [2.24, 2.45) is 0 Å². The third kappa shape index (κ3) is 5.15. The Morgan fingerprint density at radius 1 is 0.266 bits per heavy atom. The number of rotatable bonds is 5. The Hall–Kier alpha value is -7.88. The van der Waals surface area contributed by atoms with Crippen molar-refractivity contribution in [1.82, 2.24) is 13.7 Å². The Bertz CT molecular complexity index is 4130. The molecule has 64 heavy (non-hydrogen) atoms. The number of hydrogen-bond acceptors (Lipinski definition) is 0. The molecule has 298 valence electrons. The maximum atomic E-state index is 2.53. The van der Waals surface area contributed by atoms with Crippen molar-refractivity contribution in [3.63, 3.8) is 0 Å². The molecule has 0 saturated heterocycles.